The van der Waals surface area contributed by atoms with Gasteiger partial charge in [-0.2, -0.15) is 5.26 Å². The Balaban J connectivity index is 3.20. The summed E-state index contributed by atoms with van der Waals surface area (Å²) in [7, 11) is 0. The lowest BCUT2D eigenvalue weighted by molar-refractivity contribution is 0.130. The van der Waals surface area contributed by atoms with Gasteiger partial charge in [-0.05, 0) is 32.4 Å². The molecule has 1 aromatic carbocycles. The molecular weight excluding hydrogens is 214 g/mol. The summed E-state index contributed by atoms with van der Waals surface area (Å²) in [6.07, 6.45) is 0. The third-order valence-electron chi connectivity index (χ3n) is 2.39. The lowest BCUT2D eigenvalue weighted by atomic mass is 9.96. The van der Waals surface area contributed by atoms with Crippen LogP contribution in [0.1, 0.15) is 44.7 Å². The molecule has 1 atom stereocenters. The van der Waals surface area contributed by atoms with Gasteiger partial charge in [0.05, 0.1) is 5.56 Å². The van der Waals surface area contributed by atoms with Crippen molar-refractivity contribution in [3.05, 3.63) is 29.3 Å². The molecule has 0 amide bonds. The van der Waals surface area contributed by atoms with E-state index in [1.54, 1.807) is 6.07 Å². The zero-order valence-corrected chi connectivity index (χ0v) is 10.8. The van der Waals surface area contributed by atoms with E-state index < -0.39 is 0 Å². The maximum atomic E-state index is 9.23. The third-order valence-corrected chi connectivity index (χ3v) is 2.39. The van der Waals surface area contributed by atoms with Gasteiger partial charge in [0, 0.05) is 12.5 Å². The minimum atomic E-state index is -0.341. The normalized spacial score (nSPS) is 12.9. The van der Waals surface area contributed by atoms with E-state index in [1.807, 2.05) is 39.8 Å². The molecule has 0 aliphatic heterocycles. The van der Waals surface area contributed by atoms with Gasteiger partial charge in [0.25, 0.3) is 0 Å². The zero-order valence-electron chi connectivity index (χ0n) is 10.8. The molecule has 3 heteroatoms. The molecule has 0 saturated heterocycles. The number of rotatable bonds is 3. The number of aliphatic hydroxyl groups is 1. The van der Waals surface area contributed by atoms with Crippen LogP contribution in [0.5, 0.6) is 5.75 Å². The van der Waals surface area contributed by atoms with Gasteiger partial charge in [0.15, 0.2) is 0 Å². The summed E-state index contributed by atoms with van der Waals surface area (Å²) < 4.78 is 5.75. The van der Waals surface area contributed by atoms with E-state index in [9.17, 15) is 10.4 Å². The summed E-state index contributed by atoms with van der Waals surface area (Å²) in [5.74, 6) is 0.519. The minimum absolute atomic E-state index is 0.0215. The van der Waals surface area contributed by atoms with Gasteiger partial charge in [-0.3, -0.25) is 0 Å². The molecule has 1 aromatic rings. The number of nitriles is 1. The highest BCUT2D eigenvalue weighted by Gasteiger charge is 2.18. The number of benzene rings is 1. The molecule has 1 N–H and O–H groups in total. The summed E-state index contributed by atoms with van der Waals surface area (Å²) in [4.78, 5) is 0. The molecule has 0 aromatic heterocycles. The predicted octanol–water partition coefficient (Wildman–Crippen LogP) is 2.83. The second kappa shape index (κ2) is 5.20. The molecule has 0 saturated carbocycles. The topological polar surface area (TPSA) is 53.2 Å². The van der Waals surface area contributed by atoms with Gasteiger partial charge in [-0.1, -0.05) is 19.1 Å². The Bertz CT molecular complexity index is 427. The Morgan fingerprint density at radius 2 is 2.06 bits per heavy atom. The molecule has 1 rings (SSSR count). The van der Waals surface area contributed by atoms with Gasteiger partial charge >= 0.3 is 0 Å². The number of aliphatic hydroxyl groups excluding tert-OH is 1. The Kier molecular flexibility index (Phi) is 4.14. The molecule has 0 heterocycles. The van der Waals surface area contributed by atoms with Crippen LogP contribution in [0, 0.1) is 11.3 Å². The minimum Gasteiger partial charge on any atom is -0.487 e. The van der Waals surface area contributed by atoms with Gasteiger partial charge in [0.2, 0.25) is 0 Å². The summed E-state index contributed by atoms with van der Waals surface area (Å²) in [6, 6.07) is 7.66. The van der Waals surface area contributed by atoms with E-state index in [4.69, 9.17) is 4.74 Å². The lowest BCUT2D eigenvalue weighted by Gasteiger charge is -2.23. The highest BCUT2D eigenvalue weighted by Crippen LogP contribution is 2.29. The average molecular weight is 233 g/mol. The molecule has 17 heavy (non-hydrogen) atoms. The van der Waals surface area contributed by atoms with Crippen molar-refractivity contribution < 1.29 is 9.84 Å². The fraction of sp³-hybridized carbons (Fsp3) is 0.500. The van der Waals surface area contributed by atoms with E-state index in [1.165, 1.54) is 0 Å². The lowest BCUT2D eigenvalue weighted by Crippen LogP contribution is -2.23. The summed E-state index contributed by atoms with van der Waals surface area (Å²) >= 11 is 0. The summed E-state index contributed by atoms with van der Waals surface area (Å²) in [6.45, 7) is 7.73. The smallest absolute Gasteiger partial charge is 0.138 e. The van der Waals surface area contributed by atoms with Gasteiger partial charge in [-0.15, -0.1) is 0 Å². The molecule has 0 aliphatic carbocycles. The molecule has 0 spiro atoms. The largest absolute Gasteiger partial charge is 0.487 e. The Hall–Kier alpha value is -1.53. The Morgan fingerprint density at radius 1 is 1.41 bits per heavy atom. The maximum absolute atomic E-state index is 9.23. The molecule has 0 aliphatic rings. The van der Waals surface area contributed by atoms with Crippen LogP contribution in [-0.4, -0.2) is 17.3 Å². The number of nitrogens with zero attached hydrogens (tertiary/aromatic N) is 1. The standard InChI is InChI=1S/C14H19NO2/c1-10(9-16)11-6-5-7-13(12(11)8-15)17-14(2,3)4/h5-7,10,16H,9H2,1-4H3. The van der Waals surface area contributed by atoms with Crippen LogP contribution in [-0.2, 0) is 0 Å². The molecule has 92 valence electrons. The van der Waals surface area contributed by atoms with Crippen LogP contribution in [0.4, 0.5) is 0 Å². The molecule has 0 fully saturated rings. The van der Waals surface area contributed by atoms with Crippen molar-refractivity contribution in [1.29, 1.82) is 5.26 Å². The quantitative estimate of drug-likeness (QED) is 0.873. The average Bonchev–Trinajstić information content (AvgIpc) is 2.25. The van der Waals surface area contributed by atoms with E-state index in [-0.39, 0.29) is 18.1 Å². The fourth-order valence-corrected chi connectivity index (χ4v) is 1.59. The molecule has 1 unspecified atom stereocenters. The van der Waals surface area contributed by atoms with Crippen LogP contribution in [0.15, 0.2) is 18.2 Å². The van der Waals surface area contributed by atoms with Crippen molar-refractivity contribution in [1.82, 2.24) is 0 Å². The van der Waals surface area contributed by atoms with Crippen molar-refractivity contribution in [2.75, 3.05) is 6.61 Å². The van der Waals surface area contributed by atoms with Crippen molar-refractivity contribution in [2.24, 2.45) is 0 Å². The van der Waals surface area contributed by atoms with E-state index in [0.717, 1.165) is 5.56 Å². The van der Waals surface area contributed by atoms with Crippen molar-refractivity contribution in [3.63, 3.8) is 0 Å². The molecule has 0 bridgehead atoms. The zero-order chi connectivity index (χ0) is 13.1. The van der Waals surface area contributed by atoms with Crippen LogP contribution in [0.3, 0.4) is 0 Å². The third kappa shape index (κ3) is 3.47. The van der Waals surface area contributed by atoms with Gasteiger partial charge < -0.3 is 9.84 Å². The fourth-order valence-electron chi connectivity index (χ4n) is 1.59. The van der Waals surface area contributed by atoms with Gasteiger partial charge in [-0.25, -0.2) is 0 Å². The number of ether oxygens (including phenoxy) is 1. The molecular formula is C14H19NO2. The number of hydrogen-bond acceptors (Lipinski definition) is 3. The Labute approximate surface area is 103 Å². The van der Waals surface area contributed by atoms with E-state index >= 15 is 0 Å². The van der Waals surface area contributed by atoms with Crippen molar-refractivity contribution >= 4 is 0 Å². The first-order valence-electron chi connectivity index (χ1n) is 5.72. The van der Waals surface area contributed by atoms with E-state index in [0.29, 0.717) is 11.3 Å². The van der Waals surface area contributed by atoms with Crippen LogP contribution in [0.2, 0.25) is 0 Å². The monoisotopic (exact) mass is 233 g/mol. The SMILES string of the molecule is CC(CO)c1cccc(OC(C)(C)C)c1C#N. The number of hydrogen-bond donors (Lipinski definition) is 1. The van der Waals surface area contributed by atoms with Gasteiger partial charge in [0.1, 0.15) is 17.4 Å². The van der Waals surface area contributed by atoms with Crippen LogP contribution < -0.4 is 4.74 Å². The van der Waals surface area contributed by atoms with Crippen LogP contribution in [0.25, 0.3) is 0 Å². The predicted molar refractivity (Wildman–Crippen MR) is 67.0 cm³/mol. The van der Waals surface area contributed by atoms with Crippen LogP contribution >= 0.6 is 0 Å². The van der Waals surface area contributed by atoms with Crippen molar-refractivity contribution in [2.45, 2.75) is 39.2 Å². The second-order valence-electron chi connectivity index (χ2n) is 5.13. The molecule has 3 nitrogen and oxygen atoms in total. The second-order valence-corrected chi connectivity index (χ2v) is 5.13. The first-order chi connectivity index (χ1) is 7.89. The van der Waals surface area contributed by atoms with E-state index in [2.05, 4.69) is 6.07 Å². The maximum Gasteiger partial charge on any atom is 0.138 e. The first kappa shape index (κ1) is 13.5. The van der Waals surface area contributed by atoms with Crippen molar-refractivity contribution in [3.8, 4) is 11.8 Å². The highest BCUT2D eigenvalue weighted by atomic mass is 16.5. The summed E-state index contributed by atoms with van der Waals surface area (Å²) in [5, 5.41) is 18.4. The Morgan fingerprint density at radius 3 is 2.53 bits per heavy atom. The highest BCUT2D eigenvalue weighted by molar-refractivity contribution is 5.50. The summed E-state index contributed by atoms with van der Waals surface area (Å²) in [5.41, 5.74) is 1.01. The first-order valence-corrected chi connectivity index (χ1v) is 5.72. The molecule has 0 radical (unpaired) electrons.